The van der Waals surface area contributed by atoms with Crippen molar-refractivity contribution in [3.8, 4) is 5.75 Å². The van der Waals surface area contributed by atoms with Gasteiger partial charge in [-0.1, -0.05) is 0 Å². The molecule has 0 radical (unpaired) electrons. The molecule has 0 heterocycles. The first-order chi connectivity index (χ1) is 7.60. The van der Waals surface area contributed by atoms with Crippen molar-refractivity contribution in [1.82, 2.24) is 0 Å². The summed E-state index contributed by atoms with van der Waals surface area (Å²) in [6, 6.07) is 4.81. The second-order valence-corrected chi connectivity index (χ2v) is 5.75. The zero-order valence-electron chi connectivity index (χ0n) is 8.97. The summed E-state index contributed by atoms with van der Waals surface area (Å²) in [6.07, 6.45) is 2.07. The maximum Gasteiger partial charge on any atom is 0.135 e. The lowest BCUT2D eigenvalue weighted by molar-refractivity contribution is 0.373. The molecule has 0 saturated heterocycles. The van der Waals surface area contributed by atoms with Gasteiger partial charge < -0.3 is 15.8 Å². The van der Waals surface area contributed by atoms with E-state index in [2.05, 4.69) is 37.2 Å². The standard InChI is InChI=1S/C11H14Br2N2O/c1-16-11-5-10(8(12)4-9(11)13)15-7-2-6(14)3-7/h4-7,15H,2-3,14H2,1H3. The van der Waals surface area contributed by atoms with Gasteiger partial charge in [0.05, 0.1) is 17.3 Å². The molecule has 0 bridgehead atoms. The second kappa shape index (κ2) is 4.94. The molecular weight excluding hydrogens is 336 g/mol. The zero-order valence-corrected chi connectivity index (χ0v) is 12.1. The molecule has 16 heavy (non-hydrogen) atoms. The van der Waals surface area contributed by atoms with Crippen molar-refractivity contribution >= 4 is 37.5 Å². The molecular formula is C11H14Br2N2O. The van der Waals surface area contributed by atoms with Crippen molar-refractivity contribution < 1.29 is 4.74 Å². The fraction of sp³-hybridized carbons (Fsp3) is 0.455. The van der Waals surface area contributed by atoms with E-state index in [0.717, 1.165) is 33.2 Å². The molecule has 5 heteroatoms. The van der Waals surface area contributed by atoms with Gasteiger partial charge in [0.15, 0.2) is 0 Å². The van der Waals surface area contributed by atoms with Gasteiger partial charge in [0.1, 0.15) is 5.75 Å². The number of halogens is 2. The van der Waals surface area contributed by atoms with Crippen molar-refractivity contribution in [2.75, 3.05) is 12.4 Å². The Labute approximate surface area is 112 Å². The third kappa shape index (κ3) is 2.52. The van der Waals surface area contributed by atoms with Gasteiger partial charge in [-0.15, -0.1) is 0 Å². The molecule has 0 atom stereocenters. The first kappa shape index (κ1) is 12.2. The summed E-state index contributed by atoms with van der Waals surface area (Å²) in [5, 5.41) is 3.45. The Morgan fingerprint density at radius 3 is 2.56 bits per heavy atom. The fourth-order valence-electron chi connectivity index (χ4n) is 1.80. The number of benzene rings is 1. The number of nitrogens with one attached hydrogen (secondary N) is 1. The third-order valence-electron chi connectivity index (χ3n) is 2.78. The van der Waals surface area contributed by atoms with Gasteiger partial charge in [-0.2, -0.15) is 0 Å². The van der Waals surface area contributed by atoms with Crippen LogP contribution in [0.15, 0.2) is 21.1 Å². The molecule has 0 aliphatic heterocycles. The summed E-state index contributed by atoms with van der Waals surface area (Å²) in [5.41, 5.74) is 6.81. The highest BCUT2D eigenvalue weighted by molar-refractivity contribution is 9.11. The van der Waals surface area contributed by atoms with Crippen molar-refractivity contribution in [3.63, 3.8) is 0 Å². The summed E-state index contributed by atoms with van der Waals surface area (Å²) >= 11 is 6.97. The molecule has 1 aliphatic carbocycles. The highest BCUT2D eigenvalue weighted by atomic mass is 79.9. The molecule has 1 aromatic carbocycles. The van der Waals surface area contributed by atoms with Crippen LogP contribution in [0.25, 0.3) is 0 Å². The molecule has 1 aromatic rings. The Kier molecular flexibility index (Phi) is 3.77. The van der Waals surface area contributed by atoms with E-state index in [1.807, 2.05) is 12.1 Å². The van der Waals surface area contributed by atoms with E-state index in [4.69, 9.17) is 10.5 Å². The van der Waals surface area contributed by atoms with Crippen LogP contribution in [0.1, 0.15) is 12.8 Å². The van der Waals surface area contributed by atoms with Crippen molar-refractivity contribution in [1.29, 1.82) is 0 Å². The fourth-order valence-corrected chi connectivity index (χ4v) is 3.07. The third-order valence-corrected chi connectivity index (χ3v) is 4.05. The molecule has 0 aromatic heterocycles. The van der Waals surface area contributed by atoms with Crippen molar-refractivity contribution in [3.05, 3.63) is 21.1 Å². The van der Waals surface area contributed by atoms with E-state index in [1.165, 1.54) is 0 Å². The van der Waals surface area contributed by atoms with Crippen molar-refractivity contribution in [2.45, 2.75) is 24.9 Å². The smallest absolute Gasteiger partial charge is 0.135 e. The Balaban J connectivity index is 2.13. The normalized spacial score (nSPS) is 23.8. The highest BCUT2D eigenvalue weighted by Crippen LogP contribution is 2.36. The minimum atomic E-state index is 0.355. The molecule has 0 unspecified atom stereocenters. The average molecular weight is 350 g/mol. The minimum absolute atomic E-state index is 0.355. The van der Waals surface area contributed by atoms with Crippen LogP contribution in [-0.2, 0) is 0 Å². The molecule has 88 valence electrons. The number of ether oxygens (including phenoxy) is 1. The van der Waals surface area contributed by atoms with E-state index in [9.17, 15) is 0 Å². The lowest BCUT2D eigenvalue weighted by Gasteiger charge is -2.34. The summed E-state index contributed by atoms with van der Waals surface area (Å²) in [7, 11) is 1.66. The van der Waals surface area contributed by atoms with Crippen LogP contribution in [-0.4, -0.2) is 19.2 Å². The van der Waals surface area contributed by atoms with Gasteiger partial charge in [-0.05, 0) is 50.8 Å². The van der Waals surface area contributed by atoms with E-state index < -0.39 is 0 Å². The largest absolute Gasteiger partial charge is 0.495 e. The minimum Gasteiger partial charge on any atom is -0.495 e. The van der Waals surface area contributed by atoms with Gasteiger partial charge in [-0.3, -0.25) is 0 Å². The summed E-state index contributed by atoms with van der Waals surface area (Å²) in [5.74, 6) is 0.828. The topological polar surface area (TPSA) is 47.3 Å². The van der Waals surface area contributed by atoms with Gasteiger partial charge in [0.25, 0.3) is 0 Å². The zero-order chi connectivity index (χ0) is 11.7. The second-order valence-electron chi connectivity index (χ2n) is 4.04. The van der Waals surface area contributed by atoms with Gasteiger partial charge >= 0.3 is 0 Å². The molecule has 0 spiro atoms. The van der Waals surface area contributed by atoms with Crippen LogP contribution < -0.4 is 15.8 Å². The van der Waals surface area contributed by atoms with Crippen molar-refractivity contribution in [2.24, 2.45) is 5.73 Å². The molecule has 3 N–H and O–H groups in total. The Morgan fingerprint density at radius 2 is 2.00 bits per heavy atom. The van der Waals surface area contributed by atoms with Gasteiger partial charge in [0.2, 0.25) is 0 Å². The maximum atomic E-state index is 5.76. The molecule has 1 saturated carbocycles. The molecule has 0 amide bonds. The predicted octanol–water partition coefficient (Wildman–Crippen LogP) is 3.12. The SMILES string of the molecule is COc1cc(NC2CC(N)C2)c(Br)cc1Br. The number of hydrogen-bond donors (Lipinski definition) is 2. The first-order valence-electron chi connectivity index (χ1n) is 5.15. The van der Waals surface area contributed by atoms with E-state index in [-0.39, 0.29) is 0 Å². The van der Waals surface area contributed by atoms with Crippen LogP contribution in [0, 0.1) is 0 Å². The lowest BCUT2D eigenvalue weighted by Crippen LogP contribution is -2.44. The summed E-state index contributed by atoms with van der Waals surface area (Å²) in [4.78, 5) is 0. The Morgan fingerprint density at radius 1 is 1.31 bits per heavy atom. The average Bonchev–Trinajstić information content (AvgIpc) is 2.19. The Hall–Kier alpha value is -0.260. The van der Waals surface area contributed by atoms with E-state index in [0.29, 0.717) is 12.1 Å². The molecule has 1 aliphatic rings. The van der Waals surface area contributed by atoms with Gasteiger partial charge in [-0.25, -0.2) is 0 Å². The quantitative estimate of drug-likeness (QED) is 0.881. The van der Waals surface area contributed by atoms with Crippen LogP contribution in [0.4, 0.5) is 5.69 Å². The van der Waals surface area contributed by atoms with E-state index in [1.54, 1.807) is 7.11 Å². The molecule has 3 nitrogen and oxygen atoms in total. The number of nitrogens with two attached hydrogens (primary N) is 1. The highest BCUT2D eigenvalue weighted by Gasteiger charge is 2.26. The summed E-state index contributed by atoms with van der Waals surface area (Å²) in [6.45, 7) is 0. The van der Waals surface area contributed by atoms with Crippen LogP contribution in [0.2, 0.25) is 0 Å². The number of rotatable bonds is 3. The first-order valence-corrected chi connectivity index (χ1v) is 6.74. The Bertz CT molecular complexity index is 392. The van der Waals surface area contributed by atoms with Crippen LogP contribution in [0.3, 0.4) is 0 Å². The predicted molar refractivity (Wildman–Crippen MR) is 73.0 cm³/mol. The maximum absolute atomic E-state index is 5.76. The van der Waals surface area contributed by atoms with Crippen LogP contribution in [0.5, 0.6) is 5.75 Å². The number of hydrogen-bond acceptors (Lipinski definition) is 3. The van der Waals surface area contributed by atoms with Crippen LogP contribution >= 0.6 is 31.9 Å². The van der Waals surface area contributed by atoms with E-state index >= 15 is 0 Å². The monoisotopic (exact) mass is 348 g/mol. The molecule has 1 fully saturated rings. The molecule has 2 rings (SSSR count). The van der Waals surface area contributed by atoms with Gasteiger partial charge in [0, 0.05) is 22.6 Å². The summed E-state index contributed by atoms with van der Waals surface area (Å²) < 4.78 is 7.23. The lowest BCUT2D eigenvalue weighted by atomic mass is 9.87. The number of methoxy groups -OCH3 is 1. The number of anilines is 1.